The van der Waals surface area contributed by atoms with Crippen molar-refractivity contribution in [2.75, 3.05) is 11.1 Å². The van der Waals surface area contributed by atoms with Gasteiger partial charge in [-0.25, -0.2) is 0 Å². The van der Waals surface area contributed by atoms with E-state index in [9.17, 15) is 0 Å². The van der Waals surface area contributed by atoms with Crippen molar-refractivity contribution >= 4 is 11.4 Å². The Morgan fingerprint density at radius 1 is 0.938 bits per heavy atom. The summed E-state index contributed by atoms with van der Waals surface area (Å²) in [4.78, 5) is 0. The van der Waals surface area contributed by atoms with Crippen molar-refractivity contribution < 1.29 is 0 Å². The summed E-state index contributed by atoms with van der Waals surface area (Å²) in [6.45, 7) is 0.859. The van der Waals surface area contributed by atoms with Gasteiger partial charge in [0.05, 0.1) is 0 Å². The Morgan fingerprint density at radius 2 is 1.81 bits per heavy atom. The third kappa shape index (κ3) is 1.52. The highest BCUT2D eigenvalue weighted by molar-refractivity contribution is 5.57. The summed E-state index contributed by atoms with van der Waals surface area (Å²) < 4.78 is 0. The highest BCUT2D eigenvalue weighted by Gasteiger charge is 2.11. The van der Waals surface area contributed by atoms with Gasteiger partial charge in [0.15, 0.2) is 0 Å². The van der Waals surface area contributed by atoms with Crippen LogP contribution in [0.2, 0.25) is 0 Å². The largest absolute Gasteiger partial charge is 0.399 e. The average Bonchev–Trinajstić information content (AvgIpc) is 2.48. The Balaban J connectivity index is 2.08. The van der Waals surface area contributed by atoms with Gasteiger partial charge in [-0.2, -0.15) is 0 Å². The predicted molar refractivity (Wildman–Crippen MR) is 67.4 cm³/mol. The van der Waals surface area contributed by atoms with E-state index in [0.717, 1.165) is 18.7 Å². The van der Waals surface area contributed by atoms with E-state index in [2.05, 4.69) is 41.7 Å². The molecular weight excluding hydrogens is 196 g/mol. The van der Waals surface area contributed by atoms with Crippen molar-refractivity contribution in [3.05, 3.63) is 59.2 Å². The first-order valence-electron chi connectivity index (χ1n) is 5.52. The molecule has 80 valence electrons. The molecule has 0 aliphatic carbocycles. The van der Waals surface area contributed by atoms with E-state index in [0.29, 0.717) is 0 Å². The van der Waals surface area contributed by atoms with Crippen LogP contribution in [0, 0.1) is 0 Å². The molecule has 0 radical (unpaired) electrons. The molecular formula is C14H14N2. The molecule has 2 aromatic rings. The van der Waals surface area contributed by atoms with E-state index in [4.69, 9.17) is 5.73 Å². The summed E-state index contributed by atoms with van der Waals surface area (Å²) in [6.07, 6.45) is 0.985. The van der Waals surface area contributed by atoms with Gasteiger partial charge < -0.3 is 11.1 Å². The summed E-state index contributed by atoms with van der Waals surface area (Å²) in [7, 11) is 0. The Hall–Kier alpha value is -1.96. The molecule has 0 atom stereocenters. The predicted octanol–water partition coefficient (Wildman–Crippen LogP) is 2.79. The summed E-state index contributed by atoms with van der Waals surface area (Å²) in [5.74, 6) is 0. The van der Waals surface area contributed by atoms with Gasteiger partial charge in [0.1, 0.15) is 0 Å². The van der Waals surface area contributed by atoms with Crippen LogP contribution in [-0.2, 0) is 13.0 Å². The fraction of sp³-hybridized carbons (Fsp3) is 0.143. The molecule has 3 N–H and O–H groups in total. The number of anilines is 2. The summed E-state index contributed by atoms with van der Waals surface area (Å²) in [5.41, 5.74) is 11.9. The van der Waals surface area contributed by atoms with E-state index < -0.39 is 0 Å². The maximum atomic E-state index is 5.81. The van der Waals surface area contributed by atoms with Crippen LogP contribution in [-0.4, -0.2) is 0 Å². The van der Waals surface area contributed by atoms with E-state index in [1.165, 1.54) is 22.4 Å². The van der Waals surface area contributed by atoms with E-state index in [1.54, 1.807) is 0 Å². The number of hydrogen-bond acceptors (Lipinski definition) is 2. The number of rotatable bonds is 0. The number of nitrogens with two attached hydrogens (primary N) is 1. The molecule has 1 aliphatic rings. The fourth-order valence-electron chi connectivity index (χ4n) is 2.23. The number of para-hydroxylation sites is 1. The monoisotopic (exact) mass is 210 g/mol. The SMILES string of the molecule is Nc1ccc2c(c1)CNc1ccccc1C2. The molecule has 0 spiro atoms. The maximum Gasteiger partial charge on any atom is 0.0404 e. The Bertz CT molecular complexity index is 532. The first-order chi connectivity index (χ1) is 7.83. The second-order valence-corrected chi connectivity index (χ2v) is 4.22. The van der Waals surface area contributed by atoms with Crippen molar-refractivity contribution in [2.24, 2.45) is 0 Å². The van der Waals surface area contributed by atoms with Crippen LogP contribution in [0.3, 0.4) is 0 Å². The van der Waals surface area contributed by atoms with Crippen LogP contribution >= 0.6 is 0 Å². The molecule has 0 bridgehead atoms. The second-order valence-electron chi connectivity index (χ2n) is 4.22. The van der Waals surface area contributed by atoms with Crippen molar-refractivity contribution in [1.82, 2.24) is 0 Å². The van der Waals surface area contributed by atoms with Crippen molar-refractivity contribution in [3.63, 3.8) is 0 Å². The quantitative estimate of drug-likeness (QED) is 0.656. The molecule has 2 nitrogen and oxygen atoms in total. The Labute approximate surface area is 95.1 Å². The number of nitrogen functional groups attached to an aromatic ring is 1. The van der Waals surface area contributed by atoms with Crippen molar-refractivity contribution in [2.45, 2.75) is 13.0 Å². The normalized spacial score (nSPS) is 13.2. The van der Waals surface area contributed by atoms with Crippen LogP contribution in [0.25, 0.3) is 0 Å². The topological polar surface area (TPSA) is 38.0 Å². The molecule has 0 fully saturated rings. The van der Waals surface area contributed by atoms with Crippen LogP contribution in [0.5, 0.6) is 0 Å². The fourth-order valence-corrected chi connectivity index (χ4v) is 2.23. The smallest absolute Gasteiger partial charge is 0.0404 e. The summed E-state index contributed by atoms with van der Waals surface area (Å²) in [5, 5.41) is 3.45. The van der Waals surface area contributed by atoms with Gasteiger partial charge >= 0.3 is 0 Å². The van der Waals surface area contributed by atoms with E-state index in [-0.39, 0.29) is 0 Å². The highest BCUT2D eigenvalue weighted by Crippen LogP contribution is 2.26. The lowest BCUT2D eigenvalue weighted by molar-refractivity contribution is 1.12. The molecule has 0 amide bonds. The average molecular weight is 210 g/mol. The summed E-state index contributed by atoms with van der Waals surface area (Å²) in [6, 6.07) is 14.6. The standard InChI is InChI=1S/C14H14N2/c15-13-6-5-10-7-11-3-1-2-4-14(11)16-9-12(10)8-13/h1-6,8,16H,7,9,15H2. The molecule has 0 aromatic heterocycles. The van der Waals surface area contributed by atoms with Gasteiger partial charge in [0, 0.05) is 17.9 Å². The molecule has 16 heavy (non-hydrogen) atoms. The van der Waals surface area contributed by atoms with Crippen LogP contribution < -0.4 is 11.1 Å². The molecule has 0 saturated carbocycles. The van der Waals surface area contributed by atoms with Crippen molar-refractivity contribution in [1.29, 1.82) is 0 Å². The van der Waals surface area contributed by atoms with Gasteiger partial charge in [-0.15, -0.1) is 0 Å². The number of fused-ring (bicyclic) bond motifs is 2. The molecule has 1 heterocycles. The Morgan fingerprint density at radius 3 is 2.75 bits per heavy atom. The van der Waals surface area contributed by atoms with E-state index >= 15 is 0 Å². The zero-order valence-corrected chi connectivity index (χ0v) is 9.03. The van der Waals surface area contributed by atoms with Crippen LogP contribution in [0.1, 0.15) is 16.7 Å². The number of hydrogen-bond donors (Lipinski definition) is 2. The lowest BCUT2D eigenvalue weighted by Gasteiger charge is -2.06. The number of benzene rings is 2. The molecule has 2 heteroatoms. The highest BCUT2D eigenvalue weighted by atomic mass is 14.9. The molecule has 1 aliphatic heterocycles. The zero-order valence-electron chi connectivity index (χ0n) is 9.03. The Kier molecular flexibility index (Phi) is 2.07. The number of nitrogens with one attached hydrogen (secondary N) is 1. The third-order valence-corrected chi connectivity index (χ3v) is 3.10. The second kappa shape index (κ2) is 3.56. The van der Waals surface area contributed by atoms with E-state index in [1.807, 2.05) is 6.07 Å². The molecule has 3 rings (SSSR count). The minimum absolute atomic E-state index is 0.839. The van der Waals surface area contributed by atoms with Gasteiger partial charge in [-0.1, -0.05) is 24.3 Å². The summed E-state index contributed by atoms with van der Waals surface area (Å²) >= 11 is 0. The minimum atomic E-state index is 0.839. The first-order valence-corrected chi connectivity index (χ1v) is 5.52. The van der Waals surface area contributed by atoms with Gasteiger partial charge in [0.2, 0.25) is 0 Å². The first kappa shape index (κ1) is 9.28. The molecule has 2 aromatic carbocycles. The zero-order chi connectivity index (χ0) is 11.0. The minimum Gasteiger partial charge on any atom is -0.399 e. The molecule has 0 unspecified atom stereocenters. The van der Waals surface area contributed by atoms with Crippen LogP contribution in [0.15, 0.2) is 42.5 Å². The van der Waals surface area contributed by atoms with Gasteiger partial charge in [-0.05, 0) is 41.3 Å². The maximum absolute atomic E-state index is 5.81. The lowest BCUT2D eigenvalue weighted by Crippen LogP contribution is -1.99. The molecule has 0 saturated heterocycles. The third-order valence-electron chi connectivity index (χ3n) is 3.10. The van der Waals surface area contributed by atoms with Crippen LogP contribution in [0.4, 0.5) is 11.4 Å². The van der Waals surface area contributed by atoms with Gasteiger partial charge in [0.25, 0.3) is 0 Å². The van der Waals surface area contributed by atoms with Crippen molar-refractivity contribution in [3.8, 4) is 0 Å². The lowest BCUT2D eigenvalue weighted by atomic mass is 10.0. The van der Waals surface area contributed by atoms with Gasteiger partial charge in [-0.3, -0.25) is 0 Å².